The highest BCUT2D eigenvalue weighted by molar-refractivity contribution is 4.99. The van der Waals surface area contributed by atoms with E-state index in [0.29, 0.717) is 11.0 Å². The zero-order valence-electron chi connectivity index (χ0n) is 14.8. The van der Waals surface area contributed by atoms with Crippen molar-refractivity contribution in [3.63, 3.8) is 0 Å². The minimum absolute atomic E-state index is 0.294. The van der Waals surface area contributed by atoms with Gasteiger partial charge in [-0.3, -0.25) is 4.90 Å². The van der Waals surface area contributed by atoms with Gasteiger partial charge >= 0.3 is 0 Å². The second-order valence-corrected chi connectivity index (χ2v) is 8.27. The lowest BCUT2D eigenvalue weighted by atomic mass is 9.75. The first kappa shape index (κ1) is 17.2. The molecule has 124 valence electrons. The molecule has 3 nitrogen and oxygen atoms in total. The van der Waals surface area contributed by atoms with E-state index >= 15 is 0 Å². The summed E-state index contributed by atoms with van der Waals surface area (Å²) >= 11 is 0. The quantitative estimate of drug-likeness (QED) is 0.846. The molecule has 0 bridgehead atoms. The number of hydrogen-bond acceptors (Lipinski definition) is 3. The molecule has 2 saturated heterocycles. The van der Waals surface area contributed by atoms with Crippen molar-refractivity contribution in [1.82, 2.24) is 9.80 Å². The molecule has 0 saturated carbocycles. The summed E-state index contributed by atoms with van der Waals surface area (Å²) in [6.45, 7) is 16.5. The third kappa shape index (κ3) is 4.00. The van der Waals surface area contributed by atoms with Gasteiger partial charge in [0.2, 0.25) is 0 Å². The molecule has 2 aliphatic rings. The van der Waals surface area contributed by atoms with Crippen LogP contribution in [0.3, 0.4) is 0 Å². The fraction of sp³-hybridized carbons (Fsp3) is 1.00. The third-order valence-electron chi connectivity index (χ3n) is 6.29. The Balaban J connectivity index is 1.92. The van der Waals surface area contributed by atoms with E-state index in [9.17, 15) is 0 Å². The van der Waals surface area contributed by atoms with Gasteiger partial charge in [-0.1, -0.05) is 34.1 Å². The molecule has 21 heavy (non-hydrogen) atoms. The first-order valence-electron chi connectivity index (χ1n) is 9.10. The zero-order chi connectivity index (χ0) is 15.5. The van der Waals surface area contributed by atoms with E-state index in [2.05, 4.69) is 37.5 Å². The molecule has 2 aliphatic heterocycles. The SMILES string of the molecule is CCC1(C)CCN(C2(CN)CCN(CC(C)C)CC2)CC1. The van der Waals surface area contributed by atoms with Crippen molar-refractivity contribution >= 4 is 0 Å². The average Bonchev–Trinajstić information content (AvgIpc) is 2.49. The number of piperidine rings is 2. The molecule has 0 amide bonds. The number of likely N-dealkylation sites (tertiary alicyclic amines) is 2. The van der Waals surface area contributed by atoms with Crippen molar-refractivity contribution in [3.8, 4) is 0 Å². The summed E-state index contributed by atoms with van der Waals surface area (Å²) in [5.41, 5.74) is 7.12. The minimum atomic E-state index is 0.294. The van der Waals surface area contributed by atoms with Gasteiger partial charge in [0, 0.05) is 18.6 Å². The van der Waals surface area contributed by atoms with Crippen molar-refractivity contribution in [3.05, 3.63) is 0 Å². The van der Waals surface area contributed by atoms with Gasteiger partial charge in [0.25, 0.3) is 0 Å². The summed E-state index contributed by atoms with van der Waals surface area (Å²) in [7, 11) is 0. The maximum absolute atomic E-state index is 6.26. The minimum Gasteiger partial charge on any atom is -0.329 e. The fourth-order valence-corrected chi connectivity index (χ4v) is 4.19. The van der Waals surface area contributed by atoms with Crippen LogP contribution in [0.25, 0.3) is 0 Å². The summed E-state index contributed by atoms with van der Waals surface area (Å²) in [5.74, 6) is 0.774. The molecule has 0 spiro atoms. The van der Waals surface area contributed by atoms with Gasteiger partial charge in [0.1, 0.15) is 0 Å². The Hall–Kier alpha value is -0.120. The number of rotatable bonds is 5. The average molecular weight is 296 g/mol. The van der Waals surface area contributed by atoms with Crippen molar-refractivity contribution in [2.24, 2.45) is 17.1 Å². The molecule has 0 aromatic carbocycles. The smallest absolute Gasteiger partial charge is 0.0356 e. The molecule has 3 heteroatoms. The van der Waals surface area contributed by atoms with E-state index in [1.54, 1.807) is 0 Å². The van der Waals surface area contributed by atoms with E-state index < -0.39 is 0 Å². The molecule has 0 radical (unpaired) electrons. The lowest BCUT2D eigenvalue weighted by Gasteiger charge is -2.52. The van der Waals surface area contributed by atoms with Crippen molar-refractivity contribution in [2.45, 2.75) is 65.3 Å². The summed E-state index contributed by atoms with van der Waals surface area (Å²) in [6.07, 6.45) is 6.54. The maximum Gasteiger partial charge on any atom is 0.0356 e. The molecule has 2 rings (SSSR count). The van der Waals surface area contributed by atoms with Crippen molar-refractivity contribution in [1.29, 1.82) is 0 Å². The highest BCUT2D eigenvalue weighted by Crippen LogP contribution is 2.38. The standard InChI is InChI=1S/C18H37N3/c1-5-17(4)6-12-21(13-7-17)18(15-19)8-10-20(11-9-18)14-16(2)3/h16H,5-15,19H2,1-4H3. The normalized spacial score (nSPS) is 27.1. The molecule has 0 aliphatic carbocycles. The third-order valence-corrected chi connectivity index (χ3v) is 6.29. The van der Waals surface area contributed by atoms with Crippen LogP contribution in [0, 0.1) is 11.3 Å². The number of hydrogen-bond donors (Lipinski definition) is 1. The summed E-state index contributed by atoms with van der Waals surface area (Å²) in [5, 5.41) is 0. The molecule has 0 aromatic rings. The van der Waals surface area contributed by atoms with Crippen molar-refractivity contribution in [2.75, 3.05) is 39.3 Å². The van der Waals surface area contributed by atoms with E-state index in [1.807, 2.05) is 0 Å². The zero-order valence-corrected chi connectivity index (χ0v) is 14.8. The topological polar surface area (TPSA) is 32.5 Å². The molecule has 2 fully saturated rings. The van der Waals surface area contributed by atoms with E-state index in [0.717, 1.165) is 12.5 Å². The Morgan fingerprint density at radius 1 is 1.00 bits per heavy atom. The van der Waals surface area contributed by atoms with Crippen molar-refractivity contribution < 1.29 is 0 Å². The van der Waals surface area contributed by atoms with Crippen LogP contribution in [0.4, 0.5) is 0 Å². The summed E-state index contributed by atoms with van der Waals surface area (Å²) < 4.78 is 0. The van der Waals surface area contributed by atoms with Gasteiger partial charge in [0.15, 0.2) is 0 Å². The Morgan fingerprint density at radius 2 is 1.57 bits per heavy atom. The van der Waals surface area contributed by atoms with E-state index in [-0.39, 0.29) is 0 Å². The van der Waals surface area contributed by atoms with Crippen LogP contribution in [0.15, 0.2) is 0 Å². The highest BCUT2D eigenvalue weighted by atomic mass is 15.2. The second-order valence-electron chi connectivity index (χ2n) is 8.27. The Morgan fingerprint density at radius 3 is 2.00 bits per heavy atom. The van der Waals surface area contributed by atoms with Crippen LogP contribution in [0.1, 0.15) is 59.8 Å². The van der Waals surface area contributed by atoms with Gasteiger partial charge < -0.3 is 10.6 Å². The van der Waals surface area contributed by atoms with E-state index in [1.165, 1.54) is 64.8 Å². The van der Waals surface area contributed by atoms with Gasteiger partial charge in [-0.25, -0.2) is 0 Å². The molecule has 0 atom stereocenters. The van der Waals surface area contributed by atoms with Gasteiger partial charge in [-0.05, 0) is 63.2 Å². The summed E-state index contributed by atoms with van der Waals surface area (Å²) in [4.78, 5) is 5.38. The molecule has 2 N–H and O–H groups in total. The fourth-order valence-electron chi connectivity index (χ4n) is 4.19. The van der Waals surface area contributed by atoms with Crippen LogP contribution in [0.2, 0.25) is 0 Å². The first-order chi connectivity index (χ1) is 9.93. The Bertz CT molecular complexity index is 310. The van der Waals surface area contributed by atoms with Crippen LogP contribution in [-0.4, -0.2) is 54.6 Å². The molecule has 0 aromatic heterocycles. The lowest BCUT2D eigenvalue weighted by Crippen LogP contribution is -2.61. The Kier molecular flexibility index (Phi) is 5.72. The largest absolute Gasteiger partial charge is 0.329 e. The van der Waals surface area contributed by atoms with E-state index in [4.69, 9.17) is 5.73 Å². The maximum atomic E-state index is 6.26. The highest BCUT2D eigenvalue weighted by Gasteiger charge is 2.41. The molecule has 0 unspecified atom stereocenters. The lowest BCUT2D eigenvalue weighted by molar-refractivity contribution is -0.0150. The van der Waals surface area contributed by atoms with Gasteiger partial charge in [-0.2, -0.15) is 0 Å². The van der Waals surface area contributed by atoms with Gasteiger partial charge in [0.05, 0.1) is 0 Å². The number of nitrogens with two attached hydrogens (primary N) is 1. The number of nitrogens with zero attached hydrogens (tertiary/aromatic N) is 2. The summed E-state index contributed by atoms with van der Waals surface area (Å²) in [6, 6.07) is 0. The monoisotopic (exact) mass is 295 g/mol. The Labute approximate surface area is 132 Å². The van der Waals surface area contributed by atoms with Crippen LogP contribution >= 0.6 is 0 Å². The second kappa shape index (κ2) is 6.97. The van der Waals surface area contributed by atoms with Crippen LogP contribution in [-0.2, 0) is 0 Å². The van der Waals surface area contributed by atoms with Gasteiger partial charge in [-0.15, -0.1) is 0 Å². The molecular weight excluding hydrogens is 258 g/mol. The first-order valence-corrected chi connectivity index (χ1v) is 9.10. The van der Waals surface area contributed by atoms with Crippen LogP contribution in [0.5, 0.6) is 0 Å². The predicted octanol–water partition coefficient (Wildman–Crippen LogP) is 2.95. The van der Waals surface area contributed by atoms with Crippen LogP contribution < -0.4 is 5.73 Å². The molecule has 2 heterocycles. The predicted molar refractivity (Wildman–Crippen MR) is 91.5 cm³/mol. The molecular formula is C18H37N3.